The van der Waals surface area contributed by atoms with Crippen LogP contribution < -0.4 is 5.32 Å². The normalized spacial score (nSPS) is 13.5. The maximum atomic E-state index is 4.75. The monoisotopic (exact) mass is 266 g/mol. The Balaban J connectivity index is 1.85. The lowest BCUT2D eigenvalue weighted by molar-refractivity contribution is 1.11. The van der Waals surface area contributed by atoms with Crippen LogP contribution in [0, 0.1) is 6.92 Å². The number of aromatic nitrogens is 1. The molecule has 19 heavy (non-hydrogen) atoms. The van der Waals surface area contributed by atoms with Gasteiger partial charge in [-0.05, 0) is 54.8 Å². The molecule has 0 amide bonds. The second-order valence-corrected chi connectivity index (χ2v) is 6.07. The third-order valence-electron chi connectivity index (χ3n) is 3.61. The Kier molecular flexibility index (Phi) is 2.35. The van der Waals surface area contributed by atoms with Gasteiger partial charge in [-0.25, -0.2) is 4.98 Å². The minimum Gasteiger partial charge on any atom is -0.384 e. The van der Waals surface area contributed by atoms with E-state index >= 15 is 0 Å². The van der Waals surface area contributed by atoms with E-state index in [1.54, 1.807) is 11.3 Å². The molecular formula is C16H14N2S. The number of hydrogen-bond acceptors (Lipinski definition) is 3. The Bertz CT molecular complexity index is 774. The van der Waals surface area contributed by atoms with E-state index in [4.69, 9.17) is 4.98 Å². The molecule has 1 aliphatic rings. The SMILES string of the molecule is Cc1ccc2nc(-c3ccc4c(c3)CCN4)sc2c1. The van der Waals surface area contributed by atoms with Crippen LogP contribution in [0.2, 0.25) is 0 Å². The lowest BCUT2D eigenvalue weighted by atomic mass is 10.1. The lowest BCUT2D eigenvalue weighted by Crippen LogP contribution is -1.90. The number of nitrogens with one attached hydrogen (secondary N) is 1. The van der Waals surface area contributed by atoms with Crippen molar-refractivity contribution in [2.45, 2.75) is 13.3 Å². The van der Waals surface area contributed by atoms with Crippen molar-refractivity contribution in [2.24, 2.45) is 0 Å². The summed E-state index contributed by atoms with van der Waals surface area (Å²) < 4.78 is 1.27. The van der Waals surface area contributed by atoms with E-state index in [-0.39, 0.29) is 0 Å². The number of aryl methyl sites for hydroxylation is 1. The molecule has 0 bridgehead atoms. The van der Waals surface area contributed by atoms with Crippen molar-refractivity contribution >= 4 is 27.2 Å². The van der Waals surface area contributed by atoms with E-state index in [0.717, 1.165) is 23.5 Å². The highest BCUT2D eigenvalue weighted by Crippen LogP contribution is 2.33. The van der Waals surface area contributed by atoms with Crippen LogP contribution in [0.5, 0.6) is 0 Å². The molecule has 94 valence electrons. The van der Waals surface area contributed by atoms with Gasteiger partial charge in [-0.15, -0.1) is 11.3 Å². The Labute approximate surface area is 116 Å². The van der Waals surface area contributed by atoms with Crippen LogP contribution in [0.3, 0.4) is 0 Å². The van der Waals surface area contributed by atoms with Crippen molar-refractivity contribution in [3.05, 3.63) is 47.5 Å². The van der Waals surface area contributed by atoms with Gasteiger partial charge < -0.3 is 5.32 Å². The van der Waals surface area contributed by atoms with Crippen molar-refractivity contribution in [2.75, 3.05) is 11.9 Å². The van der Waals surface area contributed by atoms with Crippen LogP contribution in [-0.4, -0.2) is 11.5 Å². The zero-order valence-corrected chi connectivity index (χ0v) is 11.6. The fourth-order valence-corrected chi connectivity index (χ4v) is 3.65. The molecule has 4 rings (SSSR count). The quantitative estimate of drug-likeness (QED) is 0.712. The molecule has 0 saturated carbocycles. The molecule has 0 aliphatic carbocycles. The minimum atomic E-state index is 1.05. The van der Waals surface area contributed by atoms with Crippen LogP contribution in [0.4, 0.5) is 5.69 Å². The number of rotatable bonds is 1. The van der Waals surface area contributed by atoms with Gasteiger partial charge in [-0.2, -0.15) is 0 Å². The van der Waals surface area contributed by atoms with E-state index in [1.807, 2.05) is 0 Å². The first-order chi connectivity index (χ1) is 9.29. The van der Waals surface area contributed by atoms with Gasteiger partial charge in [0.05, 0.1) is 10.2 Å². The molecule has 1 aliphatic heterocycles. The van der Waals surface area contributed by atoms with Crippen molar-refractivity contribution in [3.63, 3.8) is 0 Å². The topological polar surface area (TPSA) is 24.9 Å². The number of hydrogen-bond donors (Lipinski definition) is 1. The van der Waals surface area contributed by atoms with Crippen LogP contribution in [0.25, 0.3) is 20.8 Å². The second kappa shape index (κ2) is 4.07. The number of fused-ring (bicyclic) bond motifs is 2. The molecule has 2 heterocycles. The van der Waals surface area contributed by atoms with Gasteiger partial charge in [0.25, 0.3) is 0 Å². The van der Waals surface area contributed by atoms with E-state index in [0.29, 0.717) is 0 Å². The highest BCUT2D eigenvalue weighted by Gasteiger charge is 2.12. The average molecular weight is 266 g/mol. The molecule has 0 atom stereocenters. The van der Waals surface area contributed by atoms with Gasteiger partial charge in [0.2, 0.25) is 0 Å². The second-order valence-electron chi connectivity index (χ2n) is 5.04. The smallest absolute Gasteiger partial charge is 0.124 e. The third-order valence-corrected chi connectivity index (χ3v) is 4.67. The van der Waals surface area contributed by atoms with E-state index in [1.165, 1.54) is 27.1 Å². The fraction of sp³-hybridized carbons (Fsp3) is 0.188. The lowest BCUT2D eigenvalue weighted by Gasteiger charge is -2.01. The van der Waals surface area contributed by atoms with Gasteiger partial charge >= 0.3 is 0 Å². The predicted molar refractivity (Wildman–Crippen MR) is 82.0 cm³/mol. The van der Waals surface area contributed by atoms with Crippen molar-refractivity contribution in [3.8, 4) is 10.6 Å². The first kappa shape index (κ1) is 11.0. The van der Waals surface area contributed by atoms with Crippen LogP contribution in [0.15, 0.2) is 36.4 Å². The van der Waals surface area contributed by atoms with Crippen LogP contribution in [0.1, 0.15) is 11.1 Å². The highest BCUT2D eigenvalue weighted by atomic mass is 32.1. The Morgan fingerprint density at radius 2 is 2.11 bits per heavy atom. The van der Waals surface area contributed by atoms with Crippen LogP contribution in [-0.2, 0) is 6.42 Å². The molecule has 3 aromatic rings. The average Bonchev–Trinajstić information content (AvgIpc) is 3.02. The molecule has 3 heteroatoms. The Morgan fingerprint density at radius 3 is 3.05 bits per heavy atom. The standard InChI is InChI=1S/C16H14N2S/c1-10-2-4-14-15(8-10)19-16(18-14)12-3-5-13-11(9-12)6-7-17-13/h2-5,8-9,17H,6-7H2,1H3. The summed E-state index contributed by atoms with van der Waals surface area (Å²) >= 11 is 1.78. The molecular weight excluding hydrogens is 252 g/mol. The van der Waals surface area contributed by atoms with Crippen molar-refractivity contribution in [1.29, 1.82) is 0 Å². The number of anilines is 1. The fourth-order valence-electron chi connectivity index (χ4n) is 2.59. The van der Waals surface area contributed by atoms with Gasteiger partial charge in [0.1, 0.15) is 5.01 Å². The predicted octanol–water partition coefficient (Wildman–Crippen LogP) is 4.24. The van der Waals surface area contributed by atoms with Gasteiger partial charge in [-0.1, -0.05) is 6.07 Å². The van der Waals surface area contributed by atoms with Gasteiger partial charge in [-0.3, -0.25) is 0 Å². The van der Waals surface area contributed by atoms with E-state index in [9.17, 15) is 0 Å². The maximum absolute atomic E-state index is 4.75. The molecule has 0 unspecified atom stereocenters. The molecule has 0 radical (unpaired) electrons. The summed E-state index contributed by atoms with van der Waals surface area (Å²) in [5, 5.41) is 4.52. The summed E-state index contributed by atoms with van der Waals surface area (Å²) in [6, 6.07) is 13.1. The molecule has 0 spiro atoms. The number of nitrogens with zero attached hydrogens (tertiary/aromatic N) is 1. The molecule has 2 nitrogen and oxygen atoms in total. The summed E-state index contributed by atoms with van der Waals surface area (Å²) in [5.41, 5.74) is 6.32. The molecule has 1 aromatic heterocycles. The molecule has 0 saturated heterocycles. The molecule has 1 N–H and O–H groups in total. The zero-order valence-electron chi connectivity index (χ0n) is 10.7. The van der Waals surface area contributed by atoms with Crippen molar-refractivity contribution < 1.29 is 0 Å². The zero-order chi connectivity index (χ0) is 12.8. The van der Waals surface area contributed by atoms with Gasteiger partial charge in [0.15, 0.2) is 0 Å². The summed E-state index contributed by atoms with van der Waals surface area (Å²) in [6.07, 6.45) is 1.12. The van der Waals surface area contributed by atoms with Crippen molar-refractivity contribution in [1.82, 2.24) is 4.98 Å². The number of benzene rings is 2. The molecule has 0 fully saturated rings. The highest BCUT2D eigenvalue weighted by molar-refractivity contribution is 7.21. The maximum Gasteiger partial charge on any atom is 0.124 e. The summed E-state index contributed by atoms with van der Waals surface area (Å²) in [7, 11) is 0. The summed E-state index contributed by atoms with van der Waals surface area (Å²) in [6.45, 7) is 3.18. The first-order valence-electron chi connectivity index (χ1n) is 6.54. The van der Waals surface area contributed by atoms with E-state index < -0.39 is 0 Å². The largest absolute Gasteiger partial charge is 0.384 e. The summed E-state index contributed by atoms with van der Waals surface area (Å²) in [4.78, 5) is 4.75. The Morgan fingerprint density at radius 1 is 1.16 bits per heavy atom. The number of thiazole rings is 1. The minimum absolute atomic E-state index is 1.05. The Hall–Kier alpha value is -1.87. The van der Waals surface area contributed by atoms with Gasteiger partial charge in [0, 0.05) is 17.8 Å². The van der Waals surface area contributed by atoms with Crippen LogP contribution >= 0.6 is 11.3 Å². The van der Waals surface area contributed by atoms with E-state index in [2.05, 4.69) is 48.6 Å². The summed E-state index contributed by atoms with van der Waals surface area (Å²) in [5.74, 6) is 0. The first-order valence-corrected chi connectivity index (χ1v) is 7.36. The third kappa shape index (κ3) is 1.81. The molecule has 2 aromatic carbocycles.